The number of halogens is 3. The standard InChI is InChI=1S/C23H22Cl2FN5O7S2/c1-9(32)35-7-17-20(36-10(2)33)19(31-6-15(29-30-31)16-8-39-23(27)28-16)21(37-11(3)34)22(38-17)40-12-4-13(24)18(26)14(25)5-12/h4-6,8,17,19-22H,7H2,1-3H3,(H2,27,28). The van der Waals surface area contributed by atoms with Crippen LogP contribution in [0.15, 0.2) is 28.6 Å². The highest BCUT2D eigenvalue weighted by atomic mass is 35.5. The number of hydrogen-bond acceptors (Lipinski definition) is 13. The number of thiazole rings is 1. The van der Waals surface area contributed by atoms with Gasteiger partial charge in [-0.3, -0.25) is 14.4 Å². The molecule has 1 aliphatic heterocycles. The van der Waals surface area contributed by atoms with E-state index in [1.54, 1.807) is 5.38 Å². The number of thioether (sulfide) groups is 1. The summed E-state index contributed by atoms with van der Waals surface area (Å²) in [5, 5.41) is 9.89. The largest absolute Gasteiger partial charge is 0.463 e. The smallest absolute Gasteiger partial charge is 0.303 e. The second-order valence-corrected chi connectivity index (χ2v) is 11.3. The minimum atomic E-state index is -1.16. The number of nitrogens with zero attached hydrogens (tertiary/aromatic N) is 4. The molecule has 40 heavy (non-hydrogen) atoms. The summed E-state index contributed by atoms with van der Waals surface area (Å²) in [6.45, 7) is 3.28. The van der Waals surface area contributed by atoms with Gasteiger partial charge in [0.15, 0.2) is 23.2 Å². The van der Waals surface area contributed by atoms with Crippen molar-refractivity contribution < 1.29 is 37.7 Å². The van der Waals surface area contributed by atoms with Gasteiger partial charge >= 0.3 is 17.9 Å². The van der Waals surface area contributed by atoms with Crippen molar-refractivity contribution in [2.24, 2.45) is 0 Å². The number of carbonyl (C=O) groups excluding carboxylic acids is 3. The zero-order chi connectivity index (χ0) is 29.1. The summed E-state index contributed by atoms with van der Waals surface area (Å²) >= 11 is 14.2. The molecule has 3 aromatic rings. The Kier molecular flexibility index (Phi) is 9.51. The van der Waals surface area contributed by atoms with Crippen LogP contribution in [0, 0.1) is 5.82 Å². The number of hydrogen-bond donors (Lipinski definition) is 1. The maximum absolute atomic E-state index is 14.1. The zero-order valence-electron chi connectivity index (χ0n) is 21.1. The molecule has 2 N–H and O–H groups in total. The highest BCUT2D eigenvalue weighted by Gasteiger charge is 2.52. The number of nitrogens with two attached hydrogens (primary N) is 1. The molecule has 5 atom stereocenters. The lowest BCUT2D eigenvalue weighted by atomic mass is 9.96. The van der Waals surface area contributed by atoms with Crippen LogP contribution in [0.1, 0.15) is 26.8 Å². The molecule has 0 aliphatic carbocycles. The van der Waals surface area contributed by atoms with Crippen LogP contribution in [0.2, 0.25) is 10.0 Å². The Morgan fingerprint density at radius 3 is 2.33 bits per heavy atom. The van der Waals surface area contributed by atoms with E-state index in [2.05, 4.69) is 15.3 Å². The Morgan fingerprint density at radius 2 is 1.75 bits per heavy atom. The molecule has 2 aromatic heterocycles. The number of rotatable bonds is 8. The average Bonchev–Trinajstić information content (AvgIpc) is 3.51. The summed E-state index contributed by atoms with van der Waals surface area (Å²) in [6.07, 6.45) is -1.84. The number of esters is 3. The molecule has 5 unspecified atom stereocenters. The van der Waals surface area contributed by atoms with Crippen LogP contribution in [0.25, 0.3) is 11.4 Å². The van der Waals surface area contributed by atoms with Gasteiger partial charge in [-0.05, 0) is 12.1 Å². The Labute approximate surface area is 245 Å². The van der Waals surface area contributed by atoms with Gasteiger partial charge in [-0.25, -0.2) is 14.1 Å². The topological polar surface area (TPSA) is 158 Å². The van der Waals surface area contributed by atoms with Crippen LogP contribution in [0.4, 0.5) is 9.52 Å². The van der Waals surface area contributed by atoms with E-state index >= 15 is 0 Å². The van der Waals surface area contributed by atoms with Crippen molar-refractivity contribution in [3.63, 3.8) is 0 Å². The lowest BCUT2D eigenvalue weighted by molar-refractivity contribution is -0.212. The fraction of sp³-hybridized carbons (Fsp3) is 0.391. The number of anilines is 1. The number of benzene rings is 1. The van der Waals surface area contributed by atoms with Gasteiger partial charge in [0.25, 0.3) is 0 Å². The molecule has 0 amide bonds. The first-order valence-corrected chi connectivity index (χ1v) is 14.0. The van der Waals surface area contributed by atoms with Crippen LogP contribution >= 0.6 is 46.3 Å². The van der Waals surface area contributed by atoms with Crippen molar-refractivity contribution in [3.05, 3.63) is 39.6 Å². The first kappa shape index (κ1) is 30.0. The van der Waals surface area contributed by atoms with Crippen molar-refractivity contribution in [3.8, 4) is 11.4 Å². The van der Waals surface area contributed by atoms with E-state index in [-0.39, 0.29) is 16.7 Å². The van der Waals surface area contributed by atoms with Gasteiger partial charge in [-0.2, -0.15) is 0 Å². The second-order valence-electron chi connectivity index (χ2n) is 8.46. The van der Waals surface area contributed by atoms with Crippen molar-refractivity contribution in [2.75, 3.05) is 12.3 Å². The Hall–Kier alpha value is -2.98. The SMILES string of the molecule is CC(=O)OCC1OC(Sc2cc(Cl)c(F)c(Cl)c2)C(OC(C)=O)C(n2cc(-c3csc(N)n3)nn2)C1OC(C)=O. The summed E-state index contributed by atoms with van der Waals surface area (Å²) in [4.78, 5) is 40.7. The molecule has 0 spiro atoms. The number of ether oxygens (including phenoxy) is 4. The van der Waals surface area contributed by atoms with E-state index in [0.717, 1.165) is 11.8 Å². The Bertz CT molecular complexity index is 1400. The maximum atomic E-state index is 14.1. The maximum Gasteiger partial charge on any atom is 0.303 e. The van der Waals surface area contributed by atoms with E-state index in [0.29, 0.717) is 21.4 Å². The summed E-state index contributed by atoms with van der Waals surface area (Å²) in [5.41, 5.74) is 5.52. The molecular weight excluding hydrogens is 612 g/mol. The molecule has 214 valence electrons. The Balaban J connectivity index is 1.80. The number of carbonyl (C=O) groups is 3. The second kappa shape index (κ2) is 12.7. The van der Waals surface area contributed by atoms with Gasteiger partial charge in [-0.1, -0.05) is 40.2 Å². The van der Waals surface area contributed by atoms with Gasteiger partial charge in [0.1, 0.15) is 35.6 Å². The number of aromatic nitrogens is 4. The minimum Gasteiger partial charge on any atom is -0.463 e. The highest BCUT2D eigenvalue weighted by Crippen LogP contribution is 2.43. The van der Waals surface area contributed by atoms with Crippen LogP contribution in [-0.4, -0.2) is 68.2 Å². The first-order chi connectivity index (χ1) is 18.9. The molecule has 12 nitrogen and oxygen atoms in total. The molecule has 3 heterocycles. The summed E-state index contributed by atoms with van der Waals surface area (Å²) < 4.78 is 38.1. The molecule has 0 bridgehead atoms. The van der Waals surface area contributed by atoms with Gasteiger partial charge in [-0.15, -0.1) is 16.4 Å². The van der Waals surface area contributed by atoms with Crippen LogP contribution < -0.4 is 5.73 Å². The zero-order valence-corrected chi connectivity index (χ0v) is 24.2. The quantitative estimate of drug-likeness (QED) is 0.217. The third kappa shape index (κ3) is 7.01. The molecule has 1 aromatic carbocycles. The van der Waals surface area contributed by atoms with Crippen LogP contribution in [0.3, 0.4) is 0 Å². The molecule has 0 saturated carbocycles. The van der Waals surface area contributed by atoms with Crippen molar-refractivity contribution in [1.82, 2.24) is 20.0 Å². The fourth-order valence-electron chi connectivity index (χ4n) is 3.96. The van der Waals surface area contributed by atoms with Crippen molar-refractivity contribution >= 4 is 69.3 Å². The lowest BCUT2D eigenvalue weighted by Crippen LogP contribution is -2.57. The van der Waals surface area contributed by atoms with E-state index in [1.807, 2.05) is 0 Å². The van der Waals surface area contributed by atoms with Crippen molar-refractivity contribution in [1.29, 1.82) is 0 Å². The molecule has 1 fully saturated rings. The molecular formula is C23H22Cl2FN5O7S2. The molecule has 1 aliphatic rings. The summed E-state index contributed by atoms with van der Waals surface area (Å²) in [5.74, 6) is -2.75. The van der Waals surface area contributed by atoms with E-state index in [9.17, 15) is 18.8 Å². The minimum absolute atomic E-state index is 0.232. The van der Waals surface area contributed by atoms with Crippen LogP contribution in [-0.2, 0) is 33.3 Å². The van der Waals surface area contributed by atoms with Gasteiger partial charge in [0, 0.05) is 31.0 Å². The fourth-order valence-corrected chi connectivity index (χ4v) is 6.32. The molecule has 17 heteroatoms. The number of nitrogen functional groups attached to an aromatic ring is 1. The molecule has 1 saturated heterocycles. The van der Waals surface area contributed by atoms with Gasteiger partial charge in [0.05, 0.1) is 16.2 Å². The predicted molar refractivity (Wildman–Crippen MR) is 143 cm³/mol. The normalized spacial score (nSPS) is 22.5. The average molecular weight is 634 g/mol. The van der Waals surface area contributed by atoms with E-state index in [4.69, 9.17) is 47.9 Å². The molecule has 0 radical (unpaired) electrons. The van der Waals surface area contributed by atoms with Crippen LogP contribution in [0.5, 0.6) is 0 Å². The monoisotopic (exact) mass is 633 g/mol. The van der Waals surface area contributed by atoms with Gasteiger partial charge in [0.2, 0.25) is 0 Å². The first-order valence-electron chi connectivity index (χ1n) is 11.5. The third-order valence-corrected chi connectivity index (χ3v) is 7.82. The Morgan fingerprint density at radius 1 is 1.10 bits per heavy atom. The van der Waals surface area contributed by atoms with E-state index < -0.39 is 53.5 Å². The van der Waals surface area contributed by atoms with E-state index in [1.165, 1.54) is 55.1 Å². The lowest BCUT2D eigenvalue weighted by Gasteiger charge is -2.44. The third-order valence-electron chi connectivity index (χ3n) is 5.48. The summed E-state index contributed by atoms with van der Waals surface area (Å²) in [6, 6.07) is 1.63. The summed E-state index contributed by atoms with van der Waals surface area (Å²) in [7, 11) is 0. The molecule has 4 rings (SSSR count). The van der Waals surface area contributed by atoms with Gasteiger partial charge < -0.3 is 24.7 Å². The highest BCUT2D eigenvalue weighted by molar-refractivity contribution is 7.99. The predicted octanol–water partition coefficient (Wildman–Crippen LogP) is 3.91. The van der Waals surface area contributed by atoms with Crippen molar-refractivity contribution in [2.45, 2.75) is 55.5 Å².